The molecule has 0 N–H and O–H groups in total. The summed E-state index contributed by atoms with van der Waals surface area (Å²) in [5.41, 5.74) is 0. The van der Waals surface area contributed by atoms with Crippen molar-refractivity contribution in [3.8, 4) is 0 Å². The van der Waals surface area contributed by atoms with Gasteiger partial charge < -0.3 is 4.57 Å². The lowest BCUT2D eigenvalue weighted by atomic mass is 9.85. The average Bonchev–Trinajstić information content (AvgIpc) is 3.16. The summed E-state index contributed by atoms with van der Waals surface area (Å²) in [6.07, 6.45) is 19.1. The quantitative estimate of drug-likeness (QED) is 0.604. The van der Waals surface area contributed by atoms with Crippen LogP contribution in [0.5, 0.6) is 0 Å². The van der Waals surface area contributed by atoms with Gasteiger partial charge in [0.2, 0.25) is 0 Å². The van der Waals surface area contributed by atoms with Crippen molar-refractivity contribution < 1.29 is 0 Å². The second-order valence-electron chi connectivity index (χ2n) is 7.13. The lowest BCUT2D eigenvalue weighted by Gasteiger charge is -2.29. The third-order valence-corrected chi connectivity index (χ3v) is 8.84. The molecule has 0 bridgehead atoms. The zero-order chi connectivity index (χ0) is 15.3. The van der Waals surface area contributed by atoms with Crippen LogP contribution in [0.15, 0.2) is 18.7 Å². The summed E-state index contributed by atoms with van der Waals surface area (Å²) in [7, 11) is 0. The molecule has 0 aromatic carbocycles. The summed E-state index contributed by atoms with van der Waals surface area (Å²) in [4.78, 5) is 4.22. The highest BCUT2D eigenvalue weighted by Crippen LogP contribution is 2.52. The first kappa shape index (κ1) is 16.8. The Bertz CT molecular complexity index is 428. The molecule has 2 unspecified atom stereocenters. The molecule has 1 aromatic heterocycles. The summed E-state index contributed by atoms with van der Waals surface area (Å²) in [6, 6.07) is 0. The summed E-state index contributed by atoms with van der Waals surface area (Å²) in [5.74, 6) is 2.35. The molecule has 1 aromatic rings. The first-order valence-electron chi connectivity index (χ1n) is 9.03. The largest absolute Gasteiger partial charge is 0.335 e. The van der Waals surface area contributed by atoms with Gasteiger partial charge in [0.25, 0.3) is 0 Å². The Balaban J connectivity index is 1.46. The highest BCUT2D eigenvalue weighted by atomic mass is 32.2. The van der Waals surface area contributed by atoms with Crippen LogP contribution in [0.3, 0.4) is 0 Å². The van der Waals surface area contributed by atoms with E-state index in [0.29, 0.717) is 4.08 Å². The van der Waals surface area contributed by atoms with Crippen molar-refractivity contribution in [2.45, 2.75) is 80.6 Å². The van der Waals surface area contributed by atoms with Crippen LogP contribution >= 0.6 is 23.5 Å². The lowest BCUT2D eigenvalue weighted by molar-refractivity contribution is 0.327. The molecule has 2 aliphatic rings. The Morgan fingerprint density at radius 3 is 2.77 bits per heavy atom. The van der Waals surface area contributed by atoms with Crippen LogP contribution in [0.25, 0.3) is 0 Å². The predicted molar refractivity (Wildman–Crippen MR) is 99.5 cm³/mol. The van der Waals surface area contributed by atoms with Crippen LogP contribution in [-0.4, -0.2) is 24.6 Å². The van der Waals surface area contributed by atoms with Crippen LogP contribution in [0.4, 0.5) is 0 Å². The standard InChI is InChI=1S/C18H30N2S2/c1-16-13-21-18(22-16,14-20-12-11-19-15-20)10-6-5-9-17-7-3-2-4-8-17/h11-12,15-17H,2-10,13-14H2,1H3. The van der Waals surface area contributed by atoms with E-state index in [4.69, 9.17) is 0 Å². The molecule has 1 saturated carbocycles. The minimum atomic E-state index is 0.396. The molecule has 1 aliphatic carbocycles. The van der Waals surface area contributed by atoms with E-state index in [1.165, 1.54) is 63.5 Å². The van der Waals surface area contributed by atoms with Crippen LogP contribution < -0.4 is 0 Å². The van der Waals surface area contributed by atoms with E-state index >= 15 is 0 Å². The molecule has 2 nitrogen and oxygen atoms in total. The maximum Gasteiger partial charge on any atom is 0.0946 e. The summed E-state index contributed by atoms with van der Waals surface area (Å²) < 4.78 is 2.67. The minimum absolute atomic E-state index is 0.396. The van der Waals surface area contributed by atoms with E-state index in [1.54, 1.807) is 0 Å². The van der Waals surface area contributed by atoms with E-state index in [1.807, 2.05) is 12.5 Å². The van der Waals surface area contributed by atoms with Crippen molar-refractivity contribution in [2.75, 3.05) is 5.75 Å². The minimum Gasteiger partial charge on any atom is -0.335 e. The van der Waals surface area contributed by atoms with Crippen LogP contribution in [0, 0.1) is 5.92 Å². The van der Waals surface area contributed by atoms with Crippen LogP contribution in [0.1, 0.15) is 64.7 Å². The van der Waals surface area contributed by atoms with E-state index in [0.717, 1.165) is 17.7 Å². The van der Waals surface area contributed by atoms with Crippen LogP contribution in [0.2, 0.25) is 0 Å². The van der Waals surface area contributed by atoms with E-state index < -0.39 is 0 Å². The molecule has 4 heteroatoms. The highest BCUT2D eigenvalue weighted by molar-refractivity contribution is 8.21. The molecule has 1 aliphatic heterocycles. The Morgan fingerprint density at radius 2 is 2.09 bits per heavy atom. The number of rotatable bonds is 7. The first-order valence-corrected chi connectivity index (χ1v) is 10.9. The Hall–Kier alpha value is -0.0900. The molecule has 22 heavy (non-hydrogen) atoms. The van der Waals surface area contributed by atoms with Gasteiger partial charge in [-0.05, 0) is 12.3 Å². The Labute approximate surface area is 144 Å². The molecule has 0 radical (unpaired) electrons. The second-order valence-corrected chi connectivity index (χ2v) is 10.6. The van der Waals surface area contributed by atoms with Crippen molar-refractivity contribution in [2.24, 2.45) is 5.92 Å². The molecule has 0 spiro atoms. The first-order chi connectivity index (χ1) is 10.8. The fourth-order valence-corrected chi connectivity index (χ4v) is 7.69. The van der Waals surface area contributed by atoms with Gasteiger partial charge in [-0.2, -0.15) is 0 Å². The maximum atomic E-state index is 4.22. The van der Waals surface area contributed by atoms with Crippen molar-refractivity contribution in [3.63, 3.8) is 0 Å². The van der Waals surface area contributed by atoms with Crippen molar-refractivity contribution in [1.82, 2.24) is 9.55 Å². The third kappa shape index (κ3) is 4.70. The number of hydrogen-bond acceptors (Lipinski definition) is 3. The number of imidazole rings is 1. The normalized spacial score (nSPS) is 30.0. The SMILES string of the molecule is CC1CSC(CCCCC2CCCCC2)(Cn2ccnc2)S1. The number of nitrogens with zero attached hydrogens (tertiary/aromatic N) is 2. The zero-order valence-electron chi connectivity index (χ0n) is 13.9. The second kappa shape index (κ2) is 8.14. The fourth-order valence-electron chi connectivity index (χ4n) is 3.96. The molecule has 2 atom stereocenters. The van der Waals surface area contributed by atoms with E-state index in [2.05, 4.69) is 46.2 Å². The topological polar surface area (TPSA) is 17.8 Å². The number of aromatic nitrogens is 2. The molecule has 2 fully saturated rings. The monoisotopic (exact) mass is 338 g/mol. The van der Waals surface area contributed by atoms with Crippen molar-refractivity contribution >= 4 is 23.5 Å². The van der Waals surface area contributed by atoms with Gasteiger partial charge in [0.1, 0.15) is 0 Å². The highest BCUT2D eigenvalue weighted by Gasteiger charge is 2.38. The molecule has 2 heterocycles. The van der Waals surface area contributed by atoms with Crippen LogP contribution in [-0.2, 0) is 6.54 Å². The van der Waals surface area contributed by atoms with Gasteiger partial charge in [0, 0.05) is 29.9 Å². The number of thioether (sulfide) groups is 2. The molecule has 1 saturated heterocycles. The maximum absolute atomic E-state index is 4.22. The van der Waals surface area contributed by atoms with Gasteiger partial charge >= 0.3 is 0 Å². The number of unbranched alkanes of at least 4 members (excludes halogenated alkanes) is 1. The fraction of sp³-hybridized carbons (Fsp3) is 0.833. The van der Waals surface area contributed by atoms with Crippen molar-refractivity contribution in [1.29, 1.82) is 0 Å². The lowest BCUT2D eigenvalue weighted by Crippen LogP contribution is -2.24. The predicted octanol–water partition coefficient (Wildman–Crippen LogP) is 5.59. The van der Waals surface area contributed by atoms with Gasteiger partial charge in [0.15, 0.2) is 0 Å². The number of hydrogen-bond donors (Lipinski definition) is 0. The third-order valence-electron chi connectivity index (χ3n) is 5.12. The summed E-state index contributed by atoms with van der Waals surface area (Å²) in [5, 5.41) is 0.798. The van der Waals surface area contributed by atoms with Gasteiger partial charge in [-0.15, -0.1) is 23.5 Å². The molecular weight excluding hydrogens is 308 g/mol. The summed E-state index contributed by atoms with van der Waals surface area (Å²) >= 11 is 4.41. The van der Waals surface area contributed by atoms with Gasteiger partial charge in [-0.1, -0.05) is 58.3 Å². The van der Waals surface area contributed by atoms with E-state index in [9.17, 15) is 0 Å². The Kier molecular flexibility index (Phi) is 6.20. The zero-order valence-corrected chi connectivity index (χ0v) is 15.5. The van der Waals surface area contributed by atoms with E-state index in [-0.39, 0.29) is 0 Å². The van der Waals surface area contributed by atoms with Gasteiger partial charge in [0.05, 0.1) is 10.4 Å². The average molecular weight is 339 g/mol. The molecule has 3 rings (SSSR count). The van der Waals surface area contributed by atoms with Crippen molar-refractivity contribution in [3.05, 3.63) is 18.7 Å². The molecule has 0 amide bonds. The van der Waals surface area contributed by atoms with Gasteiger partial charge in [-0.25, -0.2) is 4.98 Å². The molecule has 124 valence electrons. The Morgan fingerprint density at radius 1 is 1.23 bits per heavy atom. The smallest absolute Gasteiger partial charge is 0.0946 e. The summed E-state index contributed by atoms with van der Waals surface area (Å²) in [6.45, 7) is 3.51. The molecular formula is C18H30N2S2. The van der Waals surface area contributed by atoms with Gasteiger partial charge in [-0.3, -0.25) is 0 Å².